The molecule has 0 bridgehead atoms. The molecule has 0 fully saturated rings. The third kappa shape index (κ3) is 7.08. The van der Waals surface area contributed by atoms with Crippen molar-refractivity contribution in [3.63, 3.8) is 0 Å². The summed E-state index contributed by atoms with van der Waals surface area (Å²) in [5, 5.41) is 0. The van der Waals surface area contributed by atoms with Crippen LogP contribution < -0.4 is 9.47 Å². The van der Waals surface area contributed by atoms with Crippen LogP contribution in [0.1, 0.15) is 72.9 Å². The van der Waals surface area contributed by atoms with Crippen LogP contribution in [0.2, 0.25) is 0 Å². The Balaban J connectivity index is 2.54. The predicted molar refractivity (Wildman–Crippen MR) is 133 cm³/mol. The van der Waals surface area contributed by atoms with E-state index in [9.17, 15) is 4.79 Å². The summed E-state index contributed by atoms with van der Waals surface area (Å²) in [5.41, 5.74) is 3.44. The Morgan fingerprint density at radius 3 is 2.48 bits per heavy atom. The van der Waals surface area contributed by atoms with Gasteiger partial charge in [0, 0.05) is 23.3 Å². The van der Waals surface area contributed by atoms with E-state index in [1.807, 2.05) is 32.9 Å². The standard InChI is InChI=1S/C28H37FO4/c1-9-13-32-25-16-26-22(23(18(3)4)17-28(7,8)33-26)15-21(25)20(6)24(29)12-11-19(5)14-27(30)31-10-2/h11-12,14-18H,9-10,13H2,1-8H3/b12-11+,19-14+,24-20+. The van der Waals surface area contributed by atoms with Crippen molar-refractivity contribution in [3.8, 4) is 11.5 Å². The smallest absolute Gasteiger partial charge is 0.330 e. The summed E-state index contributed by atoms with van der Waals surface area (Å²) in [4.78, 5) is 11.6. The van der Waals surface area contributed by atoms with E-state index in [0.29, 0.717) is 35.7 Å². The summed E-state index contributed by atoms with van der Waals surface area (Å²) in [5.74, 6) is 0.780. The maximum absolute atomic E-state index is 15.2. The summed E-state index contributed by atoms with van der Waals surface area (Å²) in [7, 11) is 0. The first-order valence-electron chi connectivity index (χ1n) is 11.6. The first-order chi connectivity index (χ1) is 15.5. The number of carbonyl (C=O) groups excluding carboxylic acids is 1. The average molecular weight is 457 g/mol. The van der Waals surface area contributed by atoms with Gasteiger partial charge in [0.25, 0.3) is 0 Å². The molecule has 1 aromatic carbocycles. The minimum absolute atomic E-state index is 0.284. The normalized spacial score (nSPS) is 16.2. The Bertz CT molecular complexity index is 993. The van der Waals surface area contributed by atoms with Crippen LogP contribution in [-0.4, -0.2) is 24.8 Å². The van der Waals surface area contributed by atoms with E-state index in [1.165, 1.54) is 17.7 Å². The van der Waals surface area contributed by atoms with Gasteiger partial charge in [0.2, 0.25) is 0 Å². The maximum atomic E-state index is 15.2. The van der Waals surface area contributed by atoms with E-state index in [0.717, 1.165) is 17.7 Å². The SMILES string of the molecule is CCCOc1cc2c(cc1\C(C)=C(F)/C=C/C(C)=C/C(=O)OCC)C(C(C)C)=CC(C)(C)O2. The van der Waals surface area contributed by atoms with Crippen LogP contribution in [-0.2, 0) is 9.53 Å². The van der Waals surface area contributed by atoms with Crippen molar-refractivity contribution in [1.82, 2.24) is 0 Å². The Labute approximate surface area is 197 Å². The number of allylic oxidation sites excluding steroid dienone is 6. The molecule has 4 nitrogen and oxygen atoms in total. The molecule has 1 aromatic rings. The highest BCUT2D eigenvalue weighted by Crippen LogP contribution is 2.44. The van der Waals surface area contributed by atoms with Crippen LogP contribution in [0.3, 0.4) is 0 Å². The molecule has 0 spiro atoms. The van der Waals surface area contributed by atoms with Crippen molar-refractivity contribution in [2.45, 2.75) is 67.4 Å². The Kier molecular flexibility index (Phi) is 9.09. The van der Waals surface area contributed by atoms with E-state index in [2.05, 4.69) is 19.9 Å². The van der Waals surface area contributed by atoms with Crippen molar-refractivity contribution in [1.29, 1.82) is 0 Å². The fourth-order valence-electron chi connectivity index (χ4n) is 3.61. The molecule has 0 aromatic heterocycles. The van der Waals surface area contributed by atoms with E-state index in [-0.39, 0.29) is 5.92 Å². The minimum Gasteiger partial charge on any atom is -0.493 e. The molecule has 5 heteroatoms. The zero-order valence-corrected chi connectivity index (χ0v) is 21.2. The lowest BCUT2D eigenvalue weighted by Gasteiger charge is -2.33. The highest BCUT2D eigenvalue weighted by Gasteiger charge is 2.29. The average Bonchev–Trinajstić information content (AvgIpc) is 2.73. The number of hydrogen-bond acceptors (Lipinski definition) is 4. The molecule has 0 aliphatic carbocycles. The fourth-order valence-corrected chi connectivity index (χ4v) is 3.61. The molecule has 0 atom stereocenters. The van der Waals surface area contributed by atoms with Crippen LogP contribution in [0.25, 0.3) is 11.1 Å². The van der Waals surface area contributed by atoms with Crippen LogP contribution in [0, 0.1) is 5.92 Å². The van der Waals surface area contributed by atoms with Crippen LogP contribution in [0.15, 0.2) is 47.8 Å². The quantitative estimate of drug-likeness (QED) is 0.220. The number of hydrogen-bond donors (Lipinski definition) is 0. The first kappa shape index (κ1) is 26.4. The lowest BCUT2D eigenvalue weighted by molar-refractivity contribution is -0.137. The van der Waals surface area contributed by atoms with Crippen molar-refractivity contribution >= 4 is 17.1 Å². The summed E-state index contributed by atoms with van der Waals surface area (Å²) >= 11 is 0. The van der Waals surface area contributed by atoms with Gasteiger partial charge >= 0.3 is 5.97 Å². The van der Waals surface area contributed by atoms with Gasteiger partial charge in [-0.2, -0.15) is 0 Å². The largest absolute Gasteiger partial charge is 0.493 e. The Morgan fingerprint density at radius 2 is 1.88 bits per heavy atom. The molecule has 0 amide bonds. The molecular formula is C28H37FO4. The molecule has 0 saturated heterocycles. The molecule has 33 heavy (non-hydrogen) atoms. The minimum atomic E-state index is -0.443. The van der Waals surface area contributed by atoms with Gasteiger partial charge in [-0.25, -0.2) is 9.18 Å². The Morgan fingerprint density at radius 1 is 1.18 bits per heavy atom. The fraction of sp³-hybridized carbons (Fsp3) is 0.464. The third-order valence-electron chi connectivity index (χ3n) is 5.24. The number of benzene rings is 1. The van der Waals surface area contributed by atoms with Crippen LogP contribution in [0.4, 0.5) is 4.39 Å². The van der Waals surface area contributed by atoms with Gasteiger partial charge in [-0.15, -0.1) is 0 Å². The van der Waals surface area contributed by atoms with Crippen molar-refractivity contribution in [3.05, 3.63) is 59.0 Å². The maximum Gasteiger partial charge on any atom is 0.330 e. The highest BCUT2D eigenvalue weighted by molar-refractivity contribution is 5.84. The van der Waals surface area contributed by atoms with Crippen molar-refractivity contribution in [2.75, 3.05) is 13.2 Å². The topological polar surface area (TPSA) is 44.8 Å². The van der Waals surface area contributed by atoms with Gasteiger partial charge in [-0.3, -0.25) is 0 Å². The van der Waals surface area contributed by atoms with E-state index >= 15 is 4.39 Å². The molecule has 180 valence electrons. The van der Waals surface area contributed by atoms with Gasteiger partial charge < -0.3 is 14.2 Å². The van der Waals surface area contributed by atoms with E-state index < -0.39 is 17.4 Å². The van der Waals surface area contributed by atoms with Crippen LogP contribution in [0.5, 0.6) is 11.5 Å². The van der Waals surface area contributed by atoms with Gasteiger partial charge in [-0.05, 0) is 81.9 Å². The Hall–Kier alpha value is -2.82. The van der Waals surface area contributed by atoms with Crippen LogP contribution >= 0.6 is 0 Å². The van der Waals surface area contributed by atoms with Gasteiger partial charge in [0.1, 0.15) is 22.9 Å². The second-order valence-electron chi connectivity index (χ2n) is 9.10. The predicted octanol–water partition coefficient (Wildman–Crippen LogP) is 7.45. The molecule has 0 N–H and O–H groups in total. The number of halogens is 1. The molecule has 0 saturated carbocycles. The monoisotopic (exact) mass is 456 g/mol. The first-order valence-corrected chi connectivity index (χ1v) is 11.6. The van der Waals surface area contributed by atoms with E-state index in [1.54, 1.807) is 26.8 Å². The zero-order valence-electron chi connectivity index (χ0n) is 21.2. The molecule has 1 aliphatic heterocycles. The molecule has 0 radical (unpaired) electrons. The number of carbonyl (C=O) groups is 1. The lowest BCUT2D eigenvalue weighted by Crippen LogP contribution is -2.30. The highest BCUT2D eigenvalue weighted by atomic mass is 19.1. The molecule has 0 unspecified atom stereocenters. The van der Waals surface area contributed by atoms with Crippen molar-refractivity contribution < 1.29 is 23.4 Å². The summed E-state index contributed by atoms with van der Waals surface area (Å²) in [6.45, 7) is 16.4. The number of ether oxygens (including phenoxy) is 3. The molecule has 1 heterocycles. The van der Waals surface area contributed by atoms with Gasteiger partial charge in [0.05, 0.1) is 13.2 Å². The number of rotatable bonds is 9. The summed E-state index contributed by atoms with van der Waals surface area (Å²) < 4.78 is 32.3. The summed E-state index contributed by atoms with van der Waals surface area (Å²) in [6, 6.07) is 3.84. The van der Waals surface area contributed by atoms with Gasteiger partial charge in [-0.1, -0.05) is 26.8 Å². The van der Waals surface area contributed by atoms with Crippen molar-refractivity contribution in [2.24, 2.45) is 5.92 Å². The summed E-state index contributed by atoms with van der Waals surface area (Å²) in [6.07, 6.45) is 7.24. The second-order valence-corrected chi connectivity index (χ2v) is 9.10. The lowest BCUT2D eigenvalue weighted by atomic mass is 9.86. The zero-order chi connectivity index (χ0) is 24.8. The molecule has 1 aliphatic rings. The number of esters is 1. The molecule has 2 rings (SSSR count). The third-order valence-corrected chi connectivity index (χ3v) is 5.24. The van der Waals surface area contributed by atoms with E-state index in [4.69, 9.17) is 14.2 Å². The second kappa shape index (κ2) is 11.4. The van der Waals surface area contributed by atoms with Gasteiger partial charge in [0.15, 0.2) is 0 Å². The number of fused-ring (bicyclic) bond motifs is 1. The molecular weight excluding hydrogens is 419 g/mol.